The summed E-state index contributed by atoms with van der Waals surface area (Å²) in [4.78, 5) is 0. The third-order valence-corrected chi connectivity index (χ3v) is 4.44. The van der Waals surface area contributed by atoms with Gasteiger partial charge in [0.1, 0.15) is 0 Å². The van der Waals surface area contributed by atoms with E-state index in [1.807, 2.05) is 49.4 Å². The van der Waals surface area contributed by atoms with E-state index in [2.05, 4.69) is 37.0 Å². The summed E-state index contributed by atoms with van der Waals surface area (Å²) in [7, 11) is 0. The van der Waals surface area contributed by atoms with Crippen LogP contribution in [0.4, 0.5) is 5.82 Å². The fraction of sp³-hybridized carbons (Fsp3) is 0.0625. The molecule has 0 radical (unpaired) electrons. The van der Waals surface area contributed by atoms with E-state index in [9.17, 15) is 0 Å². The first-order chi connectivity index (χ1) is 10.1. The summed E-state index contributed by atoms with van der Waals surface area (Å²) in [6, 6.07) is 14.0. The van der Waals surface area contributed by atoms with Gasteiger partial charge in [-0.1, -0.05) is 60.8 Å². The van der Waals surface area contributed by atoms with Crippen LogP contribution in [0, 0.1) is 6.92 Å². The summed E-state index contributed by atoms with van der Waals surface area (Å²) in [6.45, 7) is 2.04. The third-order valence-electron chi connectivity index (χ3n) is 3.22. The third kappa shape index (κ3) is 2.76. The number of nitrogen functional groups attached to an aromatic ring is 1. The van der Waals surface area contributed by atoms with E-state index in [0.29, 0.717) is 11.6 Å². The second-order valence-corrected chi connectivity index (χ2v) is 6.53. The lowest BCUT2D eigenvalue weighted by Crippen LogP contribution is -1.89. The molecule has 0 spiro atoms. The highest BCUT2D eigenvalue weighted by atomic mass is 79.9. The summed E-state index contributed by atoms with van der Waals surface area (Å²) in [5.41, 5.74) is 9.88. The van der Waals surface area contributed by atoms with Gasteiger partial charge in [-0.2, -0.15) is 0 Å². The molecule has 0 unspecified atom stereocenters. The largest absolute Gasteiger partial charge is 0.380 e. The molecule has 5 heteroatoms. The molecule has 0 amide bonds. The Kier molecular flexibility index (Phi) is 3.87. The van der Waals surface area contributed by atoms with Crippen molar-refractivity contribution in [3.05, 3.63) is 57.0 Å². The van der Waals surface area contributed by atoms with E-state index in [1.165, 1.54) is 0 Å². The van der Waals surface area contributed by atoms with Gasteiger partial charge in [0.15, 0.2) is 11.6 Å². The van der Waals surface area contributed by atoms with Crippen molar-refractivity contribution >= 4 is 37.7 Å². The van der Waals surface area contributed by atoms with Gasteiger partial charge in [0.2, 0.25) is 0 Å². The minimum atomic E-state index is 0.390. The standard InChI is InChI=1S/C16H12Br2N2O/c1-9-2-7-13(18)12(8-9)15-14(16(19)20-21-15)10-3-5-11(17)6-4-10/h2-8H,1H3,(H2,19,20). The SMILES string of the molecule is Cc1ccc(Br)c(-c2onc(N)c2-c2ccc(Br)cc2)c1. The quantitative estimate of drug-likeness (QED) is 0.616. The van der Waals surface area contributed by atoms with E-state index in [-0.39, 0.29) is 0 Å². The second-order valence-electron chi connectivity index (χ2n) is 4.76. The number of nitrogens with zero attached hydrogens (tertiary/aromatic N) is 1. The first-order valence-electron chi connectivity index (χ1n) is 6.34. The van der Waals surface area contributed by atoms with E-state index in [1.54, 1.807) is 0 Å². The molecule has 0 atom stereocenters. The highest BCUT2D eigenvalue weighted by molar-refractivity contribution is 9.10. The summed E-state index contributed by atoms with van der Waals surface area (Å²) < 4.78 is 7.45. The van der Waals surface area contributed by atoms with Crippen LogP contribution in [0.5, 0.6) is 0 Å². The molecule has 106 valence electrons. The maximum Gasteiger partial charge on any atom is 0.178 e. The Hall–Kier alpha value is -1.59. The topological polar surface area (TPSA) is 52.0 Å². The summed E-state index contributed by atoms with van der Waals surface area (Å²) in [5, 5.41) is 3.93. The Morgan fingerprint density at radius 3 is 2.48 bits per heavy atom. The molecular weight excluding hydrogens is 396 g/mol. The monoisotopic (exact) mass is 406 g/mol. The molecule has 0 saturated heterocycles. The molecular formula is C16H12Br2N2O. The van der Waals surface area contributed by atoms with Crippen LogP contribution in [0.15, 0.2) is 55.9 Å². The molecule has 1 aromatic heterocycles. The van der Waals surface area contributed by atoms with Crippen LogP contribution in [0.2, 0.25) is 0 Å². The van der Waals surface area contributed by atoms with Crippen LogP contribution in [-0.4, -0.2) is 5.16 Å². The fourth-order valence-corrected chi connectivity index (χ4v) is 2.89. The fourth-order valence-electron chi connectivity index (χ4n) is 2.19. The lowest BCUT2D eigenvalue weighted by Gasteiger charge is -2.06. The van der Waals surface area contributed by atoms with Gasteiger partial charge in [-0.3, -0.25) is 0 Å². The van der Waals surface area contributed by atoms with Crippen molar-refractivity contribution < 1.29 is 4.52 Å². The summed E-state index contributed by atoms with van der Waals surface area (Å²) in [6.07, 6.45) is 0. The van der Waals surface area contributed by atoms with Crippen molar-refractivity contribution in [2.24, 2.45) is 0 Å². The Bertz CT molecular complexity index is 795. The number of hydrogen-bond donors (Lipinski definition) is 1. The Balaban J connectivity index is 2.21. The summed E-state index contributed by atoms with van der Waals surface area (Å²) in [5.74, 6) is 1.06. The number of benzene rings is 2. The van der Waals surface area contributed by atoms with Gasteiger partial charge in [0.05, 0.1) is 5.56 Å². The normalized spacial score (nSPS) is 10.8. The number of aryl methyl sites for hydroxylation is 1. The number of aromatic nitrogens is 1. The van der Waals surface area contributed by atoms with Gasteiger partial charge in [0.25, 0.3) is 0 Å². The van der Waals surface area contributed by atoms with Gasteiger partial charge >= 0.3 is 0 Å². The van der Waals surface area contributed by atoms with Crippen LogP contribution < -0.4 is 5.73 Å². The van der Waals surface area contributed by atoms with Crippen molar-refractivity contribution in [2.45, 2.75) is 6.92 Å². The van der Waals surface area contributed by atoms with Gasteiger partial charge in [-0.25, -0.2) is 0 Å². The predicted molar refractivity (Wildman–Crippen MR) is 91.9 cm³/mol. The molecule has 0 fully saturated rings. The zero-order valence-corrected chi connectivity index (χ0v) is 14.4. The molecule has 0 aliphatic rings. The van der Waals surface area contributed by atoms with E-state index < -0.39 is 0 Å². The van der Waals surface area contributed by atoms with Crippen LogP contribution in [0.25, 0.3) is 22.5 Å². The zero-order valence-electron chi connectivity index (χ0n) is 11.2. The number of hydrogen-bond acceptors (Lipinski definition) is 3. The molecule has 3 nitrogen and oxygen atoms in total. The van der Waals surface area contributed by atoms with E-state index >= 15 is 0 Å². The first-order valence-corrected chi connectivity index (χ1v) is 7.92. The smallest absolute Gasteiger partial charge is 0.178 e. The molecule has 3 aromatic rings. The Morgan fingerprint density at radius 1 is 1.05 bits per heavy atom. The van der Waals surface area contributed by atoms with Crippen LogP contribution >= 0.6 is 31.9 Å². The maximum absolute atomic E-state index is 6.01. The van der Waals surface area contributed by atoms with Crippen molar-refractivity contribution in [2.75, 3.05) is 5.73 Å². The van der Waals surface area contributed by atoms with Crippen LogP contribution in [0.3, 0.4) is 0 Å². The van der Waals surface area contributed by atoms with Crippen molar-refractivity contribution in [1.29, 1.82) is 0 Å². The molecule has 0 saturated carbocycles. The van der Waals surface area contributed by atoms with Crippen molar-refractivity contribution in [3.8, 4) is 22.5 Å². The van der Waals surface area contributed by atoms with E-state index in [4.69, 9.17) is 10.3 Å². The van der Waals surface area contributed by atoms with Gasteiger partial charge in [-0.15, -0.1) is 0 Å². The summed E-state index contributed by atoms with van der Waals surface area (Å²) >= 11 is 6.99. The molecule has 0 aliphatic carbocycles. The number of anilines is 1. The molecule has 0 bridgehead atoms. The Labute approximate surface area is 139 Å². The predicted octanol–water partition coefficient (Wildman–Crippen LogP) is 5.42. The van der Waals surface area contributed by atoms with Crippen LogP contribution in [0.1, 0.15) is 5.56 Å². The molecule has 21 heavy (non-hydrogen) atoms. The zero-order chi connectivity index (χ0) is 15.0. The Morgan fingerprint density at radius 2 is 1.76 bits per heavy atom. The first kappa shape index (κ1) is 14.4. The van der Waals surface area contributed by atoms with Crippen LogP contribution in [-0.2, 0) is 0 Å². The highest BCUT2D eigenvalue weighted by Gasteiger charge is 2.19. The molecule has 1 heterocycles. The number of nitrogens with two attached hydrogens (primary N) is 1. The minimum absolute atomic E-state index is 0.390. The molecule has 2 N–H and O–H groups in total. The van der Waals surface area contributed by atoms with Crippen molar-refractivity contribution in [1.82, 2.24) is 5.16 Å². The molecule has 0 aliphatic heterocycles. The van der Waals surface area contributed by atoms with Crippen molar-refractivity contribution in [3.63, 3.8) is 0 Å². The van der Waals surface area contributed by atoms with E-state index in [0.717, 1.165) is 31.2 Å². The highest BCUT2D eigenvalue weighted by Crippen LogP contribution is 2.40. The maximum atomic E-state index is 6.01. The van der Waals surface area contributed by atoms with Gasteiger partial charge in [0, 0.05) is 14.5 Å². The average molecular weight is 408 g/mol. The molecule has 3 rings (SSSR count). The lowest BCUT2D eigenvalue weighted by atomic mass is 10.0. The lowest BCUT2D eigenvalue weighted by molar-refractivity contribution is 0.436. The van der Waals surface area contributed by atoms with Gasteiger partial charge in [-0.05, 0) is 36.8 Å². The number of rotatable bonds is 2. The minimum Gasteiger partial charge on any atom is -0.380 e. The molecule has 2 aromatic carbocycles. The second kappa shape index (κ2) is 5.66. The average Bonchev–Trinajstić information content (AvgIpc) is 2.84. The van der Waals surface area contributed by atoms with Gasteiger partial charge < -0.3 is 10.3 Å². The number of halogens is 2.